The van der Waals surface area contributed by atoms with Crippen LogP contribution < -0.4 is 0 Å². The van der Waals surface area contributed by atoms with Crippen molar-refractivity contribution in [1.29, 1.82) is 0 Å². The second-order valence-corrected chi connectivity index (χ2v) is 4.94. The average molecular weight is 210 g/mol. The SMILES string of the molecule is CC[C@H]1CCC(=O)C1.C[C@H]1CCC(=O)C1. The maximum absolute atomic E-state index is 10.6. The smallest absolute Gasteiger partial charge is 0.133 e. The third kappa shape index (κ3) is 4.59. The van der Waals surface area contributed by atoms with Gasteiger partial charge in [-0.3, -0.25) is 9.59 Å². The standard InChI is InChI=1S/C7H12O.C6H10O/c1-2-6-3-4-7(8)5-6;1-5-2-3-6(7)4-5/h6H,2-5H2,1H3;5H,2-4H2,1H3/t6-;5-/m00/s1. The number of ketones is 2. The van der Waals surface area contributed by atoms with Crippen molar-refractivity contribution in [3.8, 4) is 0 Å². The zero-order valence-electron chi connectivity index (χ0n) is 9.92. The van der Waals surface area contributed by atoms with Crippen LogP contribution in [0.3, 0.4) is 0 Å². The molecule has 0 saturated heterocycles. The van der Waals surface area contributed by atoms with E-state index in [4.69, 9.17) is 0 Å². The average Bonchev–Trinajstić information content (AvgIpc) is 2.76. The van der Waals surface area contributed by atoms with Gasteiger partial charge >= 0.3 is 0 Å². The molecule has 2 saturated carbocycles. The monoisotopic (exact) mass is 210 g/mol. The molecule has 2 nitrogen and oxygen atoms in total. The van der Waals surface area contributed by atoms with Gasteiger partial charge in [0.15, 0.2) is 0 Å². The number of carbonyl (C=O) groups excluding carboxylic acids is 2. The molecule has 0 aromatic rings. The summed E-state index contributed by atoms with van der Waals surface area (Å²) in [6, 6.07) is 0. The van der Waals surface area contributed by atoms with Crippen LogP contribution in [0.1, 0.15) is 58.8 Å². The molecule has 0 bridgehead atoms. The van der Waals surface area contributed by atoms with Crippen LogP contribution in [0.5, 0.6) is 0 Å². The van der Waals surface area contributed by atoms with Crippen molar-refractivity contribution < 1.29 is 9.59 Å². The maximum atomic E-state index is 10.6. The second kappa shape index (κ2) is 6.04. The summed E-state index contributed by atoms with van der Waals surface area (Å²) in [5, 5.41) is 0. The van der Waals surface area contributed by atoms with Crippen molar-refractivity contribution in [2.75, 3.05) is 0 Å². The third-order valence-electron chi connectivity index (χ3n) is 3.42. The van der Waals surface area contributed by atoms with Gasteiger partial charge < -0.3 is 0 Å². The summed E-state index contributed by atoms with van der Waals surface area (Å²) < 4.78 is 0. The van der Waals surface area contributed by atoms with Gasteiger partial charge in [0.05, 0.1) is 0 Å². The predicted octanol–water partition coefficient (Wildman–Crippen LogP) is 3.14. The molecule has 2 aliphatic carbocycles. The van der Waals surface area contributed by atoms with E-state index in [1.54, 1.807) is 0 Å². The first kappa shape index (κ1) is 12.4. The summed E-state index contributed by atoms with van der Waals surface area (Å²) in [6.07, 6.45) is 6.83. The first-order valence-electron chi connectivity index (χ1n) is 6.15. The summed E-state index contributed by atoms with van der Waals surface area (Å²) in [6.45, 7) is 4.29. The van der Waals surface area contributed by atoms with Crippen LogP contribution in [0.2, 0.25) is 0 Å². The first-order valence-corrected chi connectivity index (χ1v) is 6.15. The Balaban J connectivity index is 0.000000151. The highest BCUT2D eigenvalue weighted by Crippen LogP contribution is 2.23. The molecule has 0 aliphatic heterocycles. The van der Waals surface area contributed by atoms with Gasteiger partial charge in [-0.2, -0.15) is 0 Å². The van der Waals surface area contributed by atoms with E-state index in [9.17, 15) is 9.59 Å². The van der Waals surface area contributed by atoms with Crippen LogP contribution in [0.15, 0.2) is 0 Å². The molecule has 0 amide bonds. The largest absolute Gasteiger partial charge is 0.300 e. The molecular formula is C13H22O2. The van der Waals surface area contributed by atoms with Gasteiger partial charge in [-0.15, -0.1) is 0 Å². The topological polar surface area (TPSA) is 34.1 Å². The number of carbonyl (C=O) groups is 2. The Kier molecular flexibility index (Phi) is 5.00. The minimum Gasteiger partial charge on any atom is -0.300 e. The molecule has 0 aromatic heterocycles. The fourth-order valence-corrected chi connectivity index (χ4v) is 2.24. The highest BCUT2D eigenvalue weighted by Gasteiger charge is 2.19. The summed E-state index contributed by atoms with van der Waals surface area (Å²) in [4.78, 5) is 21.1. The minimum atomic E-state index is 0.451. The van der Waals surface area contributed by atoms with Crippen LogP contribution in [0, 0.1) is 11.8 Å². The Morgan fingerprint density at radius 3 is 1.87 bits per heavy atom. The molecule has 86 valence electrons. The zero-order chi connectivity index (χ0) is 11.3. The van der Waals surface area contributed by atoms with E-state index in [-0.39, 0.29) is 0 Å². The lowest BCUT2D eigenvalue weighted by Crippen LogP contribution is -1.91. The van der Waals surface area contributed by atoms with Gasteiger partial charge in [-0.25, -0.2) is 0 Å². The van der Waals surface area contributed by atoms with Crippen molar-refractivity contribution in [3.05, 3.63) is 0 Å². The quantitative estimate of drug-likeness (QED) is 0.666. The fourth-order valence-electron chi connectivity index (χ4n) is 2.24. The summed E-state index contributed by atoms with van der Waals surface area (Å²) >= 11 is 0. The maximum Gasteiger partial charge on any atom is 0.133 e. The summed E-state index contributed by atoms with van der Waals surface area (Å²) in [5.41, 5.74) is 0. The molecule has 0 radical (unpaired) electrons. The van der Waals surface area contributed by atoms with Crippen molar-refractivity contribution in [1.82, 2.24) is 0 Å². The van der Waals surface area contributed by atoms with Gasteiger partial charge in [0, 0.05) is 25.7 Å². The molecule has 0 unspecified atom stereocenters. The van der Waals surface area contributed by atoms with Gasteiger partial charge in [0.25, 0.3) is 0 Å². The number of Topliss-reactive ketones (excluding diaryl/α,β-unsaturated/α-hetero) is 2. The molecule has 15 heavy (non-hydrogen) atoms. The highest BCUT2D eigenvalue weighted by atomic mass is 16.1. The molecule has 2 atom stereocenters. The van der Waals surface area contributed by atoms with Crippen LogP contribution in [0.25, 0.3) is 0 Å². The zero-order valence-corrected chi connectivity index (χ0v) is 9.92. The summed E-state index contributed by atoms with van der Waals surface area (Å²) in [5.74, 6) is 2.32. The Hall–Kier alpha value is -0.660. The van der Waals surface area contributed by atoms with Crippen LogP contribution in [-0.4, -0.2) is 11.6 Å². The molecule has 0 aromatic carbocycles. The van der Waals surface area contributed by atoms with Crippen molar-refractivity contribution in [2.45, 2.75) is 58.8 Å². The van der Waals surface area contributed by atoms with E-state index in [1.165, 1.54) is 6.42 Å². The van der Waals surface area contributed by atoms with Gasteiger partial charge in [0.2, 0.25) is 0 Å². The van der Waals surface area contributed by atoms with Crippen LogP contribution in [-0.2, 0) is 9.59 Å². The predicted molar refractivity (Wildman–Crippen MR) is 60.7 cm³/mol. The Morgan fingerprint density at radius 2 is 1.67 bits per heavy atom. The van der Waals surface area contributed by atoms with E-state index >= 15 is 0 Å². The minimum absolute atomic E-state index is 0.451. The molecule has 2 aliphatic rings. The molecule has 0 heterocycles. The summed E-state index contributed by atoms with van der Waals surface area (Å²) in [7, 11) is 0. The van der Waals surface area contributed by atoms with Gasteiger partial charge in [0.1, 0.15) is 11.6 Å². The molecule has 2 rings (SSSR count). The third-order valence-corrected chi connectivity index (χ3v) is 3.42. The number of hydrogen-bond acceptors (Lipinski definition) is 2. The van der Waals surface area contributed by atoms with E-state index in [0.717, 1.165) is 44.4 Å². The first-order chi connectivity index (χ1) is 7.11. The normalized spacial score (nSPS) is 30.3. The van der Waals surface area contributed by atoms with Crippen LogP contribution >= 0.6 is 0 Å². The van der Waals surface area contributed by atoms with Crippen molar-refractivity contribution in [3.63, 3.8) is 0 Å². The Labute approximate surface area is 92.4 Å². The second-order valence-electron chi connectivity index (χ2n) is 4.94. The highest BCUT2D eigenvalue weighted by molar-refractivity contribution is 5.80. The molecule has 0 N–H and O–H groups in total. The Bertz CT molecular complexity index is 233. The fraction of sp³-hybridized carbons (Fsp3) is 0.846. The lowest BCUT2D eigenvalue weighted by atomic mass is 10.1. The molecule has 0 spiro atoms. The van der Waals surface area contributed by atoms with Crippen LogP contribution in [0.4, 0.5) is 0 Å². The molecule has 2 heteroatoms. The van der Waals surface area contributed by atoms with Gasteiger partial charge in [-0.05, 0) is 24.7 Å². The lowest BCUT2D eigenvalue weighted by Gasteiger charge is -1.98. The number of rotatable bonds is 1. The number of hydrogen-bond donors (Lipinski definition) is 0. The van der Waals surface area contributed by atoms with Gasteiger partial charge in [-0.1, -0.05) is 20.3 Å². The molecular weight excluding hydrogens is 188 g/mol. The van der Waals surface area contributed by atoms with Crippen molar-refractivity contribution in [2.24, 2.45) is 11.8 Å². The van der Waals surface area contributed by atoms with E-state index in [0.29, 0.717) is 17.5 Å². The van der Waals surface area contributed by atoms with E-state index in [1.807, 2.05) is 0 Å². The van der Waals surface area contributed by atoms with Crippen molar-refractivity contribution >= 4 is 11.6 Å². The van der Waals surface area contributed by atoms with E-state index < -0.39 is 0 Å². The molecule has 2 fully saturated rings. The Morgan fingerprint density at radius 1 is 1.07 bits per heavy atom. The lowest BCUT2D eigenvalue weighted by molar-refractivity contribution is -0.118. The van der Waals surface area contributed by atoms with E-state index in [2.05, 4.69) is 13.8 Å².